The van der Waals surface area contributed by atoms with Gasteiger partial charge in [-0.15, -0.1) is 0 Å². The van der Waals surface area contributed by atoms with Gasteiger partial charge in [-0.3, -0.25) is 14.5 Å². The molecule has 1 aromatic heterocycles. The summed E-state index contributed by atoms with van der Waals surface area (Å²) < 4.78 is 34.1. The third kappa shape index (κ3) is 5.83. The van der Waals surface area contributed by atoms with Crippen LogP contribution in [0.1, 0.15) is 5.56 Å². The Labute approximate surface area is 208 Å². The van der Waals surface area contributed by atoms with Crippen molar-refractivity contribution < 1.29 is 18.3 Å². The van der Waals surface area contributed by atoms with E-state index in [0.717, 1.165) is 10.9 Å². The second-order valence-corrected chi connectivity index (χ2v) is 9.75. The minimum Gasteiger partial charge on any atom is -0.506 e. The maximum absolute atomic E-state index is 12.6. The van der Waals surface area contributed by atoms with Crippen molar-refractivity contribution in [2.45, 2.75) is 5.75 Å². The van der Waals surface area contributed by atoms with E-state index in [4.69, 9.17) is 27.9 Å². The number of ether oxygens (including phenoxy) is 1. The van der Waals surface area contributed by atoms with E-state index in [1.165, 1.54) is 30.3 Å². The average Bonchev–Trinajstić information content (AvgIpc) is 2.78. The second kappa shape index (κ2) is 9.82. The van der Waals surface area contributed by atoms with Crippen molar-refractivity contribution in [1.29, 1.82) is 0 Å². The first-order valence-corrected chi connectivity index (χ1v) is 12.3. The number of H-pyrrole nitrogens is 1. The zero-order chi connectivity index (χ0) is 25.2. The van der Waals surface area contributed by atoms with E-state index in [0.29, 0.717) is 5.56 Å². The predicted molar refractivity (Wildman–Crippen MR) is 131 cm³/mol. The molecule has 13 heteroatoms. The van der Waals surface area contributed by atoms with Gasteiger partial charge < -0.3 is 9.84 Å². The fourth-order valence-electron chi connectivity index (χ4n) is 3.08. The Kier molecular flexibility index (Phi) is 6.83. The van der Waals surface area contributed by atoms with Crippen molar-refractivity contribution in [2.24, 2.45) is 0 Å². The van der Waals surface area contributed by atoms with Crippen LogP contribution in [-0.2, 0) is 15.8 Å². The highest BCUT2D eigenvalue weighted by Crippen LogP contribution is 2.39. The normalized spacial score (nSPS) is 11.3. The number of phenolic OH excluding ortho intramolecular Hbond substituents is 1. The lowest BCUT2D eigenvalue weighted by Gasteiger charge is -2.14. The molecular formula is C22H16Cl2N4O6S. The van der Waals surface area contributed by atoms with Gasteiger partial charge in [-0.2, -0.15) is 9.78 Å². The summed E-state index contributed by atoms with van der Waals surface area (Å²) >= 11 is 12.6. The van der Waals surface area contributed by atoms with Crippen molar-refractivity contribution in [2.75, 3.05) is 4.72 Å². The van der Waals surface area contributed by atoms with Crippen LogP contribution >= 0.6 is 23.2 Å². The van der Waals surface area contributed by atoms with Crippen molar-refractivity contribution in [3.05, 3.63) is 103 Å². The number of anilines is 1. The van der Waals surface area contributed by atoms with Crippen LogP contribution in [0, 0.1) is 0 Å². The van der Waals surface area contributed by atoms with Gasteiger partial charge in [0, 0.05) is 6.07 Å². The third-order valence-corrected chi connectivity index (χ3v) is 6.40. The summed E-state index contributed by atoms with van der Waals surface area (Å²) in [6.45, 7) is 0. The van der Waals surface area contributed by atoms with Gasteiger partial charge in [0.05, 0.1) is 27.2 Å². The molecule has 10 nitrogen and oxygen atoms in total. The second-order valence-electron chi connectivity index (χ2n) is 7.22. The topological polar surface area (TPSA) is 143 Å². The molecule has 0 saturated heterocycles. The molecule has 0 aliphatic carbocycles. The highest BCUT2D eigenvalue weighted by Gasteiger charge is 2.17. The third-order valence-electron chi connectivity index (χ3n) is 4.59. The van der Waals surface area contributed by atoms with E-state index in [1.807, 2.05) is 0 Å². The summed E-state index contributed by atoms with van der Waals surface area (Å²) in [6, 6.07) is 15.2. The van der Waals surface area contributed by atoms with Gasteiger partial charge in [-0.25, -0.2) is 13.2 Å². The fourth-order valence-corrected chi connectivity index (χ4v) is 4.83. The molecule has 0 radical (unpaired) electrons. The highest BCUT2D eigenvalue weighted by molar-refractivity contribution is 7.91. The van der Waals surface area contributed by atoms with E-state index in [9.17, 15) is 23.1 Å². The number of nitrogens with one attached hydrogen (secondary N) is 2. The Morgan fingerprint density at radius 2 is 1.71 bits per heavy atom. The molecule has 4 aromatic rings. The lowest BCUT2D eigenvalue weighted by molar-refractivity contribution is 0.466. The van der Waals surface area contributed by atoms with Crippen LogP contribution in [0.25, 0.3) is 5.69 Å². The summed E-state index contributed by atoms with van der Waals surface area (Å²) in [6.07, 6.45) is 0.921. The number of benzene rings is 3. The summed E-state index contributed by atoms with van der Waals surface area (Å²) in [5, 5.41) is 13.9. The van der Waals surface area contributed by atoms with Crippen molar-refractivity contribution >= 4 is 38.9 Å². The van der Waals surface area contributed by atoms with Gasteiger partial charge >= 0.3 is 5.69 Å². The Bertz CT molecular complexity index is 1600. The fraction of sp³-hybridized carbons (Fsp3) is 0.0455. The van der Waals surface area contributed by atoms with Crippen LogP contribution in [0.5, 0.6) is 17.2 Å². The first-order valence-electron chi connectivity index (χ1n) is 9.85. The molecule has 0 aliphatic heterocycles. The van der Waals surface area contributed by atoms with Gasteiger partial charge in [0.25, 0.3) is 5.56 Å². The smallest absolute Gasteiger partial charge is 0.349 e. The predicted octanol–water partition coefficient (Wildman–Crippen LogP) is 3.67. The number of rotatable bonds is 7. The number of hydrogen-bond acceptors (Lipinski definition) is 7. The Hall–Kier alpha value is -3.80. The molecule has 0 aliphatic rings. The number of aromatic nitrogens is 3. The maximum atomic E-state index is 12.6. The summed E-state index contributed by atoms with van der Waals surface area (Å²) in [7, 11) is -3.84. The lowest BCUT2D eigenvalue weighted by Crippen LogP contribution is -2.30. The van der Waals surface area contributed by atoms with Gasteiger partial charge in [0.15, 0.2) is 5.75 Å². The van der Waals surface area contributed by atoms with E-state index in [2.05, 4.69) is 14.8 Å². The molecule has 0 fully saturated rings. The van der Waals surface area contributed by atoms with Crippen molar-refractivity contribution in [1.82, 2.24) is 14.8 Å². The number of hydrogen-bond donors (Lipinski definition) is 3. The molecule has 0 unspecified atom stereocenters. The molecule has 35 heavy (non-hydrogen) atoms. The number of halogens is 2. The standard InChI is InChI=1S/C22H16Cl2N4O6S/c23-16-8-14(28-22(31)26-20(30)11-25-28)9-17(24)21(16)34-15-6-7-19(29)18(10-15)27-35(32,33)12-13-4-2-1-3-5-13/h1-11,27,29H,12H2,(H,26,30,31). The van der Waals surface area contributed by atoms with Gasteiger partial charge in [-0.05, 0) is 29.8 Å². The van der Waals surface area contributed by atoms with Gasteiger partial charge in [0.1, 0.15) is 17.7 Å². The first-order chi connectivity index (χ1) is 16.6. The van der Waals surface area contributed by atoms with Crippen LogP contribution in [0.2, 0.25) is 10.0 Å². The Morgan fingerprint density at radius 1 is 1.03 bits per heavy atom. The largest absolute Gasteiger partial charge is 0.506 e. The summed E-state index contributed by atoms with van der Waals surface area (Å²) in [4.78, 5) is 25.3. The number of aromatic amines is 1. The van der Waals surface area contributed by atoms with E-state index >= 15 is 0 Å². The Morgan fingerprint density at radius 3 is 2.37 bits per heavy atom. The summed E-state index contributed by atoms with van der Waals surface area (Å²) in [5.74, 6) is -0.477. The Balaban J connectivity index is 1.59. The minimum absolute atomic E-state index is 0.00619. The highest BCUT2D eigenvalue weighted by atomic mass is 35.5. The van der Waals surface area contributed by atoms with E-state index in [1.54, 1.807) is 30.3 Å². The quantitative estimate of drug-likeness (QED) is 0.307. The zero-order valence-electron chi connectivity index (χ0n) is 17.6. The van der Waals surface area contributed by atoms with Crippen molar-refractivity contribution in [3.8, 4) is 22.9 Å². The maximum Gasteiger partial charge on any atom is 0.349 e. The van der Waals surface area contributed by atoms with Crippen LogP contribution in [0.4, 0.5) is 5.69 Å². The molecule has 0 atom stereocenters. The minimum atomic E-state index is -3.84. The number of phenols is 1. The van der Waals surface area contributed by atoms with Crippen molar-refractivity contribution in [3.63, 3.8) is 0 Å². The molecule has 0 amide bonds. The summed E-state index contributed by atoms with van der Waals surface area (Å²) in [5.41, 5.74) is -0.809. The number of nitrogens with zero attached hydrogens (tertiary/aromatic N) is 2. The SMILES string of the molecule is O=c1cnn(-c2cc(Cl)c(Oc3ccc(O)c(NS(=O)(=O)Cc4ccccc4)c3)c(Cl)c2)c(=O)[nH]1. The molecule has 3 N–H and O–H groups in total. The van der Waals surface area contributed by atoms with E-state index in [-0.39, 0.29) is 44.4 Å². The molecule has 4 rings (SSSR count). The first kappa shape index (κ1) is 24.3. The molecule has 0 bridgehead atoms. The molecule has 3 aromatic carbocycles. The number of aromatic hydroxyl groups is 1. The lowest BCUT2D eigenvalue weighted by atomic mass is 10.2. The molecule has 1 heterocycles. The average molecular weight is 535 g/mol. The number of sulfonamides is 1. The zero-order valence-corrected chi connectivity index (χ0v) is 19.9. The molecule has 0 saturated carbocycles. The van der Waals surface area contributed by atoms with Crippen LogP contribution in [0.3, 0.4) is 0 Å². The van der Waals surface area contributed by atoms with Crippen LogP contribution < -0.4 is 20.7 Å². The molecule has 180 valence electrons. The van der Waals surface area contributed by atoms with E-state index < -0.39 is 21.3 Å². The van der Waals surface area contributed by atoms with Gasteiger partial charge in [0.2, 0.25) is 10.0 Å². The monoisotopic (exact) mass is 534 g/mol. The van der Waals surface area contributed by atoms with Crippen LogP contribution in [-0.4, -0.2) is 28.3 Å². The van der Waals surface area contributed by atoms with Gasteiger partial charge in [-0.1, -0.05) is 53.5 Å². The van der Waals surface area contributed by atoms with Crippen LogP contribution in [0.15, 0.2) is 76.4 Å². The molecular weight excluding hydrogens is 519 g/mol. The molecule has 0 spiro atoms.